The van der Waals surface area contributed by atoms with Gasteiger partial charge in [0.1, 0.15) is 5.01 Å². The Hall–Kier alpha value is -0.120. The topological polar surface area (TPSA) is 12.9 Å². The number of hydrogen-bond donors (Lipinski definition) is 0. The van der Waals surface area contributed by atoms with E-state index < -0.39 is 0 Å². The summed E-state index contributed by atoms with van der Waals surface area (Å²) in [6.45, 7) is 1.94. The predicted octanol–water partition coefficient (Wildman–Crippen LogP) is 4.36. The maximum atomic E-state index is 5.95. The molecule has 4 heteroatoms. The Balaban J connectivity index is 2.62. The fourth-order valence-corrected chi connectivity index (χ4v) is 2.50. The number of fused-ring (bicyclic) bond motifs is 1. The molecule has 1 atom stereocenters. The third-order valence-corrected chi connectivity index (χ3v) is 3.75. The van der Waals surface area contributed by atoms with Crippen molar-refractivity contribution in [2.75, 3.05) is 0 Å². The lowest BCUT2D eigenvalue weighted by Gasteiger charge is -1.91. The molecule has 0 aliphatic heterocycles. The number of hydrogen-bond acceptors (Lipinski definition) is 2. The van der Waals surface area contributed by atoms with Crippen molar-refractivity contribution in [2.24, 2.45) is 0 Å². The van der Waals surface area contributed by atoms with Gasteiger partial charge in [0.2, 0.25) is 0 Å². The van der Waals surface area contributed by atoms with Crippen molar-refractivity contribution in [1.29, 1.82) is 0 Å². The summed E-state index contributed by atoms with van der Waals surface area (Å²) in [5.41, 5.74) is 1.02. The van der Waals surface area contributed by atoms with Gasteiger partial charge in [0, 0.05) is 4.47 Å². The van der Waals surface area contributed by atoms with E-state index in [1.807, 2.05) is 19.1 Å². The van der Waals surface area contributed by atoms with Crippen molar-refractivity contribution in [3.63, 3.8) is 0 Å². The van der Waals surface area contributed by atoms with Gasteiger partial charge in [-0.3, -0.25) is 0 Å². The molecular weight excluding hydrogens is 270 g/mol. The second-order valence-corrected chi connectivity index (χ2v) is 5.41. The second-order valence-electron chi connectivity index (χ2n) is 2.78. The molecule has 2 aromatic rings. The van der Waals surface area contributed by atoms with Crippen LogP contribution >= 0.6 is 38.9 Å². The van der Waals surface area contributed by atoms with Crippen molar-refractivity contribution < 1.29 is 0 Å². The Kier molecular flexibility index (Phi) is 2.58. The Morgan fingerprint density at radius 3 is 3.00 bits per heavy atom. The number of thiazole rings is 1. The van der Waals surface area contributed by atoms with Crippen LogP contribution in [0.3, 0.4) is 0 Å². The van der Waals surface area contributed by atoms with Crippen LogP contribution in [0.4, 0.5) is 0 Å². The Morgan fingerprint density at radius 2 is 2.31 bits per heavy atom. The lowest BCUT2D eigenvalue weighted by molar-refractivity contribution is 1.06. The number of aromatic nitrogens is 1. The van der Waals surface area contributed by atoms with Gasteiger partial charge in [-0.2, -0.15) is 0 Å². The zero-order chi connectivity index (χ0) is 9.42. The molecular formula is C9H7BrClNS. The van der Waals surface area contributed by atoms with Crippen molar-refractivity contribution in [1.82, 2.24) is 4.98 Å². The van der Waals surface area contributed by atoms with Crippen LogP contribution in [0.2, 0.25) is 0 Å². The number of halogens is 2. The minimum Gasteiger partial charge on any atom is -0.240 e. The van der Waals surface area contributed by atoms with Crippen LogP contribution in [-0.4, -0.2) is 4.98 Å². The van der Waals surface area contributed by atoms with Crippen LogP contribution in [0.25, 0.3) is 10.2 Å². The number of rotatable bonds is 1. The standard InChI is InChI=1S/C9H7BrClNS/c1-5(11)9-12-7-4-6(10)2-3-8(7)13-9/h2-5H,1H3. The summed E-state index contributed by atoms with van der Waals surface area (Å²) in [6, 6.07) is 6.08. The molecule has 0 aliphatic carbocycles. The van der Waals surface area contributed by atoms with Gasteiger partial charge in [-0.05, 0) is 25.1 Å². The minimum absolute atomic E-state index is 0.00354. The average Bonchev–Trinajstić information content (AvgIpc) is 2.46. The lowest BCUT2D eigenvalue weighted by Crippen LogP contribution is -1.79. The SMILES string of the molecule is CC(Cl)c1nc2cc(Br)ccc2s1. The van der Waals surface area contributed by atoms with Crippen LogP contribution < -0.4 is 0 Å². The van der Waals surface area contributed by atoms with E-state index in [2.05, 4.69) is 27.0 Å². The molecule has 1 unspecified atom stereocenters. The fourth-order valence-electron chi connectivity index (χ4n) is 1.09. The van der Waals surface area contributed by atoms with E-state index in [4.69, 9.17) is 11.6 Å². The van der Waals surface area contributed by atoms with E-state index in [1.54, 1.807) is 11.3 Å². The molecule has 0 N–H and O–H groups in total. The largest absolute Gasteiger partial charge is 0.240 e. The molecule has 13 heavy (non-hydrogen) atoms. The van der Waals surface area contributed by atoms with Crippen molar-refractivity contribution in [3.05, 3.63) is 27.7 Å². The first-order valence-electron chi connectivity index (χ1n) is 3.87. The molecule has 0 radical (unpaired) electrons. The summed E-state index contributed by atoms with van der Waals surface area (Å²) >= 11 is 11.0. The summed E-state index contributed by atoms with van der Waals surface area (Å²) < 4.78 is 2.24. The van der Waals surface area contributed by atoms with Crippen molar-refractivity contribution in [2.45, 2.75) is 12.3 Å². The molecule has 2 rings (SSSR count). The van der Waals surface area contributed by atoms with Gasteiger partial charge in [0.25, 0.3) is 0 Å². The molecule has 0 saturated carbocycles. The van der Waals surface area contributed by atoms with Crippen LogP contribution in [0.5, 0.6) is 0 Å². The van der Waals surface area contributed by atoms with E-state index in [0.29, 0.717) is 0 Å². The summed E-state index contributed by atoms with van der Waals surface area (Å²) in [5.74, 6) is 0. The smallest absolute Gasteiger partial charge is 0.111 e. The highest BCUT2D eigenvalue weighted by Crippen LogP contribution is 2.30. The molecule has 0 spiro atoms. The second kappa shape index (κ2) is 3.56. The van der Waals surface area contributed by atoms with E-state index >= 15 is 0 Å². The quantitative estimate of drug-likeness (QED) is 0.705. The third-order valence-electron chi connectivity index (χ3n) is 1.71. The van der Waals surface area contributed by atoms with Gasteiger partial charge in [-0.15, -0.1) is 22.9 Å². The monoisotopic (exact) mass is 275 g/mol. The Labute approximate surface area is 93.9 Å². The van der Waals surface area contributed by atoms with E-state index in [1.165, 1.54) is 4.70 Å². The highest BCUT2D eigenvalue weighted by atomic mass is 79.9. The Bertz CT molecular complexity index is 438. The van der Waals surface area contributed by atoms with Gasteiger partial charge in [-0.1, -0.05) is 15.9 Å². The maximum Gasteiger partial charge on any atom is 0.111 e. The molecule has 0 saturated heterocycles. The van der Waals surface area contributed by atoms with Crippen LogP contribution in [0.15, 0.2) is 22.7 Å². The van der Waals surface area contributed by atoms with Gasteiger partial charge in [0.15, 0.2) is 0 Å². The van der Waals surface area contributed by atoms with Gasteiger partial charge < -0.3 is 0 Å². The summed E-state index contributed by atoms with van der Waals surface area (Å²) in [6.07, 6.45) is 0. The first-order chi connectivity index (χ1) is 6.16. The zero-order valence-corrected chi connectivity index (χ0v) is 10.1. The molecule has 0 fully saturated rings. The number of benzene rings is 1. The zero-order valence-electron chi connectivity index (χ0n) is 6.92. The maximum absolute atomic E-state index is 5.95. The number of alkyl halides is 1. The Morgan fingerprint density at radius 1 is 1.54 bits per heavy atom. The van der Waals surface area contributed by atoms with Crippen molar-refractivity contribution in [3.8, 4) is 0 Å². The molecule has 68 valence electrons. The molecule has 0 bridgehead atoms. The third kappa shape index (κ3) is 1.87. The van der Waals surface area contributed by atoms with Crippen LogP contribution in [-0.2, 0) is 0 Å². The summed E-state index contributed by atoms with van der Waals surface area (Å²) in [5, 5.41) is 0.978. The van der Waals surface area contributed by atoms with E-state index in [-0.39, 0.29) is 5.38 Å². The number of nitrogens with zero attached hydrogens (tertiary/aromatic N) is 1. The highest BCUT2D eigenvalue weighted by Gasteiger charge is 2.08. The molecule has 0 amide bonds. The highest BCUT2D eigenvalue weighted by molar-refractivity contribution is 9.10. The summed E-state index contributed by atoms with van der Waals surface area (Å²) in [7, 11) is 0. The van der Waals surface area contributed by atoms with Gasteiger partial charge in [-0.25, -0.2) is 4.98 Å². The van der Waals surface area contributed by atoms with E-state index in [9.17, 15) is 0 Å². The van der Waals surface area contributed by atoms with Crippen LogP contribution in [0.1, 0.15) is 17.3 Å². The first-order valence-corrected chi connectivity index (χ1v) is 5.91. The first kappa shape index (κ1) is 9.44. The van der Waals surface area contributed by atoms with Crippen LogP contribution in [0, 0.1) is 0 Å². The molecule has 1 heterocycles. The van der Waals surface area contributed by atoms with Crippen molar-refractivity contribution >= 4 is 49.1 Å². The minimum atomic E-state index is -0.00354. The van der Waals surface area contributed by atoms with Gasteiger partial charge >= 0.3 is 0 Å². The fraction of sp³-hybridized carbons (Fsp3) is 0.222. The normalized spacial score (nSPS) is 13.5. The average molecular weight is 277 g/mol. The molecule has 1 aromatic carbocycles. The molecule has 1 aromatic heterocycles. The molecule has 0 aliphatic rings. The predicted molar refractivity (Wildman–Crippen MR) is 61.6 cm³/mol. The molecule has 1 nitrogen and oxygen atoms in total. The van der Waals surface area contributed by atoms with E-state index in [0.717, 1.165) is 15.0 Å². The lowest BCUT2D eigenvalue weighted by atomic mass is 10.3. The van der Waals surface area contributed by atoms with Gasteiger partial charge in [0.05, 0.1) is 15.6 Å². The summed E-state index contributed by atoms with van der Waals surface area (Å²) in [4.78, 5) is 4.43.